The van der Waals surface area contributed by atoms with Gasteiger partial charge in [0.1, 0.15) is 8.07 Å². The molecule has 0 aliphatic carbocycles. The summed E-state index contributed by atoms with van der Waals surface area (Å²) in [7, 11) is -1.90. The Bertz CT molecular complexity index is 4120. The number of hydrogen-bond acceptors (Lipinski definition) is 2. The molecule has 2 nitrogen and oxygen atoms in total. The van der Waals surface area contributed by atoms with Crippen molar-refractivity contribution in [1.29, 1.82) is 0 Å². The third-order valence-corrected chi connectivity index (χ3v) is 19.2. The van der Waals surface area contributed by atoms with Crippen LogP contribution in [0.2, 0.25) is 13.1 Å². The minimum atomic E-state index is -1.90. The lowest BCUT2D eigenvalue weighted by Gasteiger charge is -2.28. The number of aromatic nitrogens is 1. The number of hydrogen-bond donors (Lipinski definition) is 0. The topological polar surface area (TPSA) is 7.65 Å². The fourth-order valence-electron chi connectivity index (χ4n) is 11.4. The van der Waals surface area contributed by atoms with E-state index in [9.17, 15) is 0 Å². The molecule has 0 N–H and O–H groups in total. The van der Waals surface area contributed by atoms with Crippen LogP contribution in [0.5, 0.6) is 0 Å². The summed E-state index contributed by atoms with van der Waals surface area (Å²) < 4.78 is 5.19. The van der Waals surface area contributed by atoms with Crippen molar-refractivity contribution >= 4 is 116 Å². The van der Waals surface area contributed by atoms with Gasteiger partial charge < -0.3 is 9.30 Å². The zero-order chi connectivity index (χ0) is 43.7. The predicted octanol–water partition coefficient (Wildman–Crippen LogP) is 16.5. The van der Waals surface area contributed by atoms with E-state index < -0.39 is 8.07 Å². The smallest absolute Gasteiger partial charge is 0.113 e. The molecule has 0 fully saturated rings. The molecule has 3 aromatic heterocycles. The molecule has 66 heavy (non-hydrogen) atoms. The van der Waals surface area contributed by atoms with Gasteiger partial charge in [0.15, 0.2) is 0 Å². The van der Waals surface area contributed by atoms with Crippen molar-refractivity contribution in [2.45, 2.75) is 13.1 Å². The minimum absolute atomic E-state index is 1.13. The van der Waals surface area contributed by atoms with Gasteiger partial charge in [-0.1, -0.05) is 165 Å². The lowest BCUT2D eigenvalue weighted by Crippen LogP contribution is -2.49. The van der Waals surface area contributed by atoms with Crippen LogP contribution in [0.1, 0.15) is 0 Å². The van der Waals surface area contributed by atoms with E-state index in [0.717, 1.165) is 11.4 Å². The van der Waals surface area contributed by atoms with Gasteiger partial charge in [0.05, 0.1) is 16.6 Å². The SMILES string of the molecule is C[Si]1(C)c2ccccc2-c2ccc(N(c3ccc(-c4ccccc4)cc3)c3ccc(-c4ccc5c(c4)c4cccc6c7ccccc7c7cccc8sc9cccc(c9c87)n5c64)cc3)cc21. The largest absolute Gasteiger partial charge is 0.311 e. The summed E-state index contributed by atoms with van der Waals surface area (Å²) >= 11 is 1.90. The van der Waals surface area contributed by atoms with Crippen molar-refractivity contribution in [2.24, 2.45) is 0 Å². The first-order valence-electron chi connectivity index (χ1n) is 22.9. The summed E-state index contributed by atoms with van der Waals surface area (Å²) in [5.74, 6) is 0. The lowest BCUT2D eigenvalue weighted by molar-refractivity contribution is 1.29. The Kier molecular flexibility index (Phi) is 8.04. The standard InChI is InChI=1S/C62H42N2SSi/c1-66(2)58-24-9-8-17-48(58)49-35-34-45(38-59(49)66)63(43-30-25-40(26-31-43)39-13-4-3-5-14-39)44-32-27-41(28-33-44)42-29-36-54-53(37-42)52-20-10-19-51-47-16-7-6-15-46(47)50-18-11-22-56-60(50)61-55(64(54)62(51)52)21-12-23-57(61)65-56/h3-38H,1-2H3. The maximum absolute atomic E-state index is 2.56. The first kappa shape index (κ1) is 37.6. The predicted molar refractivity (Wildman–Crippen MR) is 288 cm³/mol. The normalized spacial score (nSPS) is 13.1. The van der Waals surface area contributed by atoms with Crippen LogP contribution in [0.25, 0.3) is 102 Å². The van der Waals surface area contributed by atoms with Gasteiger partial charge in [-0.2, -0.15) is 0 Å². The van der Waals surface area contributed by atoms with Crippen molar-refractivity contribution < 1.29 is 0 Å². The molecule has 0 unspecified atom stereocenters. The van der Waals surface area contributed by atoms with Crippen molar-refractivity contribution in [3.05, 3.63) is 218 Å². The third-order valence-electron chi connectivity index (χ3n) is 14.6. The van der Waals surface area contributed by atoms with E-state index >= 15 is 0 Å². The molecule has 0 spiro atoms. The Hall–Kier alpha value is -7.76. The monoisotopic (exact) mass is 874 g/mol. The average molecular weight is 875 g/mol. The highest BCUT2D eigenvalue weighted by Crippen LogP contribution is 2.45. The number of rotatable bonds is 5. The Morgan fingerprint density at radius 2 is 0.909 bits per heavy atom. The molecule has 13 aromatic rings. The first-order chi connectivity index (χ1) is 32.5. The number of fused-ring (bicyclic) bond motifs is 10. The fraction of sp³-hybridized carbons (Fsp3) is 0.0323. The molecule has 4 heteroatoms. The molecule has 0 atom stereocenters. The highest BCUT2D eigenvalue weighted by molar-refractivity contribution is 7.26. The molecular weight excluding hydrogens is 833 g/mol. The zero-order valence-corrected chi connectivity index (χ0v) is 38.4. The van der Waals surface area contributed by atoms with Crippen LogP contribution in [-0.2, 0) is 0 Å². The number of nitrogens with zero attached hydrogens (tertiary/aromatic N) is 2. The highest BCUT2D eigenvalue weighted by Gasteiger charge is 2.37. The van der Waals surface area contributed by atoms with Gasteiger partial charge in [0, 0.05) is 53.4 Å². The quantitative estimate of drug-likeness (QED) is 0.156. The molecule has 310 valence electrons. The average Bonchev–Trinajstić information content (AvgIpc) is 4.01. The van der Waals surface area contributed by atoms with Crippen LogP contribution in [0, 0.1) is 0 Å². The molecule has 10 aromatic carbocycles. The molecule has 0 saturated carbocycles. The van der Waals surface area contributed by atoms with Crippen LogP contribution < -0.4 is 15.3 Å². The van der Waals surface area contributed by atoms with Crippen LogP contribution >= 0.6 is 11.3 Å². The Balaban J connectivity index is 0.942. The second-order valence-corrected chi connectivity index (χ2v) is 23.9. The molecule has 0 bridgehead atoms. The van der Waals surface area contributed by atoms with Crippen LogP contribution in [0.15, 0.2) is 218 Å². The number of thiophene rings is 1. The molecule has 1 aliphatic rings. The van der Waals surface area contributed by atoms with E-state index in [1.165, 1.54) is 118 Å². The number of benzene rings is 10. The number of para-hydroxylation sites is 1. The van der Waals surface area contributed by atoms with Crippen LogP contribution in [-0.4, -0.2) is 12.5 Å². The summed E-state index contributed by atoms with van der Waals surface area (Å²) in [5, 5.41) is 13.3. The minimum Gasteiger partial charge on any atom is -0.311 e. The zero-order valence-electron chi connectivity index (χ0n) is 36.6. The Morgan fingerprint density at radius 1 is 0.364 bits per heavy atom. The van der Waals surface area contributed by atoms with Crippen molar-refractivity contribution in [3.63, 3.8) is 0 Å². The van der Waals surface area contributed by atoms with Crippen molar-refractivity contribution in [2.75, 3.05) is 4.90 Å². The summed E-state index contributed by atoms with van der Waals surface area (Å²) in [5.41, 5.74) is 14.8. The van der Waals surface area contributed by atoms with Crippen LogP contribution in [0.4, 0.5) is 17.1 Å². The van der Waals surface area contributed by atoms with Gasteiger partial charge in [-0.3, -0.25) is 0 Å². The van der Waals surface area contributed by atoms with E-state index in [1.807, 2.05) is 11.3 Å². The van der Waals surface area contributed by atoms with E-state index in [1.54, 1.807) is 0 Å². The van der Waals surface area contributed by atoms with E-state index in [0.29, 0.717) is 0 Å². The second-order valence-electron chi connectivity index (χ2n) is 18.4. The molecule has 14 rings (SSSR count). The van der Waals surface area contributed by atoms with Crippen LogP contribution in [0.3, 0.4) is 0 Å². The van der Waals surface area contributed by atoms with E-state index in [2.05, 4.69) is 241 Å². The summed E-state index contributed by atoms with van der Waals surface area (Å²) in [6.45, 7) is 5.00. The van der Waals surface area contributed by atoms with Gasteiger partial charge in [0.25, 0.3) is 0 Å². The highest BCUT2D eigenvalue weighted by atomic mass is 32.1. The molecular formula is C62H42N2SSi. The van der Waals surface area contributed by atoms with Crippen molar-refractivity contribution in [3.8, 4) is 33.4 Å². The maximum atomic E-state index is 2.56. The van der Waals surface area contributed by atoms with Crippen molar-refractivity contribution in [1.82, 2.24) is 4.40 Å². The summed E-state index contributed by atoms with van der Waals surface area (Å²) in [4.78, 5) is 2.44. The second kappa shape index (κ2) is 14.1. The molecule has 4 heterocycles. The maximum Gasteiger partial charge on any atom is 0.113 e. The molecule has 0 saturated heterocycles. The van der Waals surface area contributed by atoms with E-state index in [-0.39, 0.29) is 0 Å². The fourth-order valence-corrected chi connectivity index (χ4v) is 15.7. The summed E-state index contributed by atoms with van der Waals surface area (Å²) in [6, 6.07) is 81.8. The van der Waals surface area contributed by atoms with Gasteiger partial charge in [-0.15, -0.1) is 11.3 Å². The van der Waals surface area contributed by atoms with Gasteiger partial charge >= 0.3 is 0 Å². The Labute approximate surface area is 387 Å². The Morgan fingerprint density at radius 3 is 1.68 bits per heavy atom. The number of anilines is 3. The molecule has 0 radical (unpaired) electrons. The third kappa shape index (κ3) is 5.40. The lowest BCUT2D eigenvalue weighted by atomic mass is 9.99. The van der Waals surface area contributed by atoms with Gasteiger partial charge in [0.2, 0.25) is 0 Å². The molecule has 0 amide bonds. The molecule has 1 aliphatic heterocycles. The first-order valence-corrected chi connectivity index (χ1v) is 26.7. The van der Waals surface area contributed by atoms with E-state index in [4.69, 9.17) is 0 Å². The van der Waals surface area contributed by atoms with Gasteiger partial charge in [-0.25, -0.2) is 0 Å². The summed E-state index contributed by atoms with van der Waals surface area (Å²) in [6.07, 6.45) is 0. The van der Waals surface area contributed by atoms with Gasteiger partial charge in [-0.05, 0) is 127 Å².